The Bertz CT molecular complexity index is 501. The number of hydrogen-bond donors (Lipinski definition) is 1. The highest BCUT2D eigenvalue weighted by atomic mass is 16.1. The molecule has 0 bridgehead atoms. The number of anilines is 1. The Hall–Kier alpha value is -1.36. The number of rotatable bonds is 5. The molecule has 0 spiro atoms. The normalized spacial score (nSPS) is 20.1. The molecule has 1 aromatic heterocycles. The molecule has 21 heavy (non-hydrogen) atoms. The van der Waals surface area contributed by atoms with Gasteiger partial charge in [-0.25, -0.2) is 4.68 Å². The third-order valence-corrected chi connectivity index (χ3v) is 4.69. The van der Waals surface area contributed by atoms with Crippen LogP contribution in [0.1, 0.15) is 44.9 Å². The Morgan fingerprint density at radius 3 is 2.62 bits per heavy atom. The molecular formula is C16H26N4O. The lowest BCUT2D eigenvalue weighted by Gasteiger charge is -2.28. The summed E-state index contributed by atoms with van der Waals surface area (Å²) in [6.45, 7) is 3.60. The van der Waals surface area contributed by atoms with Gasteiger partial charge in [-0.05, 0) is 32.1 Å². The lowest BCUT2D eigenvalue weighted by molar-refractivity contribution is 0.470. The van der Waals surface area contributed by atoms with Crippen molar-refractivity contribution in [2.24, 2.45) is 0 Å². The molecule has 0 aromatic carbocycles. The van der Waals surface area contributed by atoms with Crippen LogP contribution in [0.5, 0.6) is 0 Å². The first kappa shape index (κ1) is 14.6. The van der Waals surface area contributed by atoms with Crippen LogP contribution in [0.15, 0.2) is 17.1 Å². The van der Waals surface area contributed by atoms with Crippen molar-refractivity contribution >= 4 is 5.69 Å². The van der Waals surface area contributed by atoms with Crippen molar-refractivity contribution in [1.29, 1.82) is 0 Å². The quantitative estimate of drug-likeness (QED) is 0.898. The van der Waals surface area contributed by atoms with Gasteiger partial charge in [-0.15, -0.1) is 0 Å². The average molecular weight is 290 g/mol. The summed E-state index contributed by atoms with van der Waals surface area (Å²) in [5, 5.41) is 7.87. The predicted molar refractivity (Wildman–Crippen MR) is 84.8 cm³/mol. The van der Waals surface area contributed by atoms with Gasteiger partial charge in [0.15, 0.2) is 0 Å². The zero-order valence-electron chi connectivity index (χ0n) is 12.8. The largest absolute Gasteiger partial charge is 0.370 e. The van der Waals surface area contributed by atoms with Gasteiger partial charge in [0.2, 0.25) is 0 Å². The van der Waals surface area contributed by atoms with E-state index in [0.717, 1.165) is 25.3 Å². The van der Waals surface area contributed by atoms with Crippen LogP contribution < -0.4 is 15.8 Å². The zero-order valence-corrected chi connectivity index (χ0v) is 12.8. The maximum Gasteiger partial charge on any atom is 0.268 e. The molecule has 5 heteroatoms. The second-order valence-electron chi connectivity index (χ2n) is 6.26. The van der Waals surface area contributed by atoms with Gasteiger partial charge in [0.25, 0.3) is 5.56 Å². The third kappa shape index (κ3) is 3.84. The molecule has 3 rings (SSSR count). The van der Waals surface area contributed by atoms with Crippen LogP contribution >= 0.6 is 0 Å². The molecule has 2 heterocycles. The molecule has 1 aliphatic carbocycles. The van der Waals surface area contributed by atoms with E-state index in [2.05, 4.69) is 15.3 Å². The van der Waals surface area contributed by atoms with E-state index in [1.807, 2.05) is 6.20 Å². The molecule has 0 radical (unpaired) electrons. The summed E-state index contributed by atoms with van der Waals surface area (Å²) in [5.41, 5.74) is 1.01. The molecule has 0 atom stereocenters. The predicted octanol–water partition coefficient (Wildman–Crippen LogP) is 1.77. The average Bonchev–Trinajstić information content (AvgIpc) is 3.03. The zero-order chi connectivity index (χ0) is 14.5. The first-order valence-corrected chi connectivity index (χ1v) is 8.38. The van der Waals surface area contributed by atoms with Gasteiger partial charge < -0.3 is 10.2 Å². The minimum atomic E-state index is 0.0197. The molecule has 0 unspecified atom stereocenters. The van der Waals surface area contributed by atoms with Gasteiger partial charge in [0.1, 0.15) is 0 Å². The monoisotopic (exact) mass is 290 g/mol. The topological polar surface area (TPSA) is 50.2 Å². The Labute approximate surface area is 126 Å². The minimum Gasteiger partial charge on any atom is -0.370 e. The summed E-state index contributed by atoms with van der Waals surface area (Å²) in [4.78, 5) is 14.4. The Morgan fingerprint density at radius 1 is 1.14 bits per heavy atom. The molecule has 0 amide bonds. The first-order chi connectivity index (χ1) is 10.3. The van der Waals surface area contributed by atoms with Crippen LogP contribution in [0.4, 0.5) is 5.69 Å². The molecule has 5 nitrogen and oxygen atoms in total. The van der Waals surface area contributed by atoms with E-state index in [0.29, 0.717) is 12.6 Å². The highest BCUT2D eigenvalue weighted by Gasteiger charge is 2.14. The molecule has 2 aliphatic rings. The summed E-state index contributed by atoms with van der Waals surface area (Å²) in [6, 6.07) is 2.39. The van der Waals surface area contributed by atoms with E-state index in [-0.39, 0.29) is 5.56 Å². The van der Waals surface area contributed by atoms with Gasteiger partial charge in [-0.2, -0.15) is 5.10 Å². The number of aromatic nitrogens is 2. The third-order valence-electron chi connectivity index (χ3n) is 4.69. The van der Waals surface area contributed by atoms with E-state index in [1.165, 1.54) is 44.9 Å². The Kier molecular flexibility index (Phi) is 4.91. The summed E-state index contributed by atoms with van der Waals surface area (Å²) < 4.78 is 1.58. The van der Waals surface area contributed by atoms with Gasteiger partial charge in [0.05, 0.1) is 18.4 Å². The molecule has 1 aliphatic heterocycles. The highest BCUT2D eigenvalue weighted by Crippen LogP contribution is 2.18. The van der Waals surface area contributed by atoms with Crippen LogP contribution in [0, 0.1) is 0 Å². The second-order valence-corrected chi connectivity index (χ2v) is 6.26. The molecular weight excluding hydrogens is 264 g/mol. The van der Waals surface area contributed by atoms with Gasteiger partial charge >= 0.3 is 0 Å². The van der Waals surface area contributed by atoms with Crippen molar-refractivity contribution in [3.8, 4) is 0 Å². The summed E-state index contributed by atoms with van der Waals surface area (Å²) >= 11 is 0. The van der Waals surface area contributed by atoms with Gasteiger partial charge in [0, 0.05) is 31.7 Å². The second kappa shape index (κ2) is 7.07. The minimum absolute atomic E-state index is 0.0197. The first-order valence-electron chi connectivity index (χ1n) is 8.38. The van der Waals surface area contributed by atoms with E-state index in [4.69, 9.17) is 0 Å². The van der Waals surface area contributed by atoms with E-state index < -0.39 is 0 Å². The smallest absolute Gasteiger partial charge is 0.268 e. The lowest BCUT2D eigenvalue weighted by atomic mass is 10.1. The number of hydrogen-bond acceptors (Lipinski definition) is 4. The van der Waals surface area contributed by atoms with Crippen molar-refractivity contribution in [1.82, 2.24) is 15.1 Å². The maximum atomic E-state index is 12.2. The van der Waals surface area contributed by atoms with Gasteiger partial charge in [-0.3, -0.25) is 4.79 Å². The van der Waals surface area contributed by atoms with Crippen molar-refractivity contribution in [3.05, 3.63) is 22.6 Å². The van der Waals surface area contributed by atoms with E-state index in [9.17, 15) is 4.79 Å². The molecule has 1 aromatic rings. The number of nitrogens with zero attached hydrogens (tertiary/aromatic N) is 3. The number of nitrogens with one attached hydrogen (secondary N) is 1. The van der Waals surface area contributed by atoms with E-state index in [1.54, 1.807) is 10.7 Å². The van der Waals surface area contributed by atoms with Crippen LogP contribution in [0.3, 0.4) is 0 Å². The number of piperidine rings is 1. The fourth-order valence-corrected chi connectivity index (χ4v) is 3.42. The molecule has 1 N–H and O–H groups in total. The van der Waals surface area contributed by atoms with Crippen LogP contribution in [-0.2, 0) is 6.54 Å². The molecule has 2 fully saturated rings. The molecule has 1 saturated carbocycles. The van der Waals surface area contributed by atoms with Crippen molar-refractivity contribution in [3.63, 3.8) is 0 Å². The van der Waals surface area contributed by atoms with Gasteiger partial charge in [-0.1, -0.05) is 12.8 Å². The maximum absolute atomic E-state index is 12.2. The Morgan fingerprint density at radius 2 is 1.90 bits per heavy atom. The summed E-state index contributed by atoms with van der Waals surface area (Å²) in [7, 11) is 0. The van der Waals surface area contributed by atoms with Crippen molar-refractivity contribution < 1.29 is 0 Å². The van der Waals surface area contributed by atoms with Crippen molar-refractivity contribution in [2.75, 3.05) is 24.5 Å². The summed E-state index contributed by atoms with van der Waals surface area (Å²) in [5.74, 6) is 0. The SMILES string of the molecule is O=c1cc(N2CCCCC2)cnn1CCNC1CCCC1. The molecule has 116 valence electrons. The Balaban J connectivity index is 1.54. The standard InChI is InChI=1S/C16H26N4O/c21-16-12-15(19-9-4-1-5-10-19)13-18-20(16)11-8-17-14-6-2-3-7-14/h12-14,17H,1-11H2. The lowest BCUT2D eigenvalue weighted by Crippen LogP contribution is -2.35. The van der Waals surface area contributed by atoms with Crippen LogP contribution in [0.25, 0.3) is 0 Å². The van der Waals surface area contributed by atoms with Crippen LogP contribution in [0.2, 0.25) is 0 Å². The fourth-order valence-electron chi connectivity index (χ4n) is 3.42. The molecule has 1 saturated heterocycles. The summed E-state index contributed by atoms with van der Waals surface area (Å²) in [6.07, 6.45) is 10.8. The van der Waals surface area contributed by atoms with Crippen molar-refractivity contribution in [2.45, 2.75) is 57.5 Å². The van der Waals surface area contributed by atoms with E-state index >= 15 is 0 Å². The fraction of sp³-hybridized carbons (Fsp3) is 0.750. The highest BCUT2D eigenvalue weighted by molar-refractivity contribution is 5.43. The van der Waals surface area contributed by atoms with Crippen LogP contribution in [-0.4, -0.2) is 35.5 Å².